The van der Waals surface area contributed by atoms with E-state index in [1.165, 1.54) is 10.7 Å². The second kappa shape index (κ2) is 8.99. The van der Waals surface area contributed by atoms with Gasteiger partial charge in [-0.1, -0.05) is 36.4 Å². The Bertz CT molecular complexity index is 1230. The van der Waals surface area contributed by atoms with Gasteiger partial charge in [0, 0.05) is 22.9 Å². The second-order valence-electron chi connectivity index (χ2n) is 6.59. The van der Waals surface area contributed by atoms with Gasteiger partial charge in [0.05, 0.1) is 18.8 Å². The molecule has 0 unspecified atom stereocenters. The monoisotopic (exact) mass is 417 g/mol. The summed E-state index contributed by atoms with van der Waals surface area (Å²) in [7, 11) is 0. The van der Waals surface area contributed by atoms with Crippen molar-refractivity contribution in [2.75, 3.05) is 11.9 Å². The molecule has 156 valence electrons. The van der Waals surface area contributed by atoms with Crippen LogP contribution in [0.5, 0.6) is 0 Å². The lowest BCUT2D eigenvalue weighted by molar-refractivity contribution is 0.168. The zero-order chi connectivity index (χ0) is 21.6. The minimum absolute atomic E-state index is 0.225. The summed E-state index contributed by atoms with van der Waals surface area (Å²) in [6.45, 7) is 2.28. The van der Waals surface area contributed by atoms with Crippen molar-refractivity contribution in [3.63, 3.8) is 0 Å². The highest BCUT2D eigenvalue weighted by Crippen LogP contribution is 2.20. The van der Waals surface area contributed by atoms with Gasteiger partial charge in [0.15, 0.2) is 5.82 Å². The average molecular weight is 417 g/mol. The highest BCUT2D eigenvalue weighted by Gasteiger charge is 2.08. The standard InChI is InChI=1S/C21H19N7O3/c1-2-31-21(30)22-17-5-3-4-14(12-17)13-28-19(29)11-10-18(25-28)15-6-8-16(9-7-15)20-23-26-27-24-20/h3-12H,2,13H2,1H3,(H,22,30)(H,23,24,26,27). The molecule has 2 aromatic heterocycles. The summed E-state index contributed by atoms with van der Waals surface area (Å²) in [5.74, 6) is 0.570. The van der Waals surface area contributed by atoms with Crippen LogP contribution in [-0.4, -0.2) is 43.1 Å². The van der Waals surface area contributed by atoms with Crippen molar-refractivity contribution in [3.8, 4) is 22.6 Å². The normalized spacial score (nSPS) is 10.6. The molecule has 0 bridgehead atoms. The molecule has 0 atom stereocenters. The molecule has 31 heavy (non-hydrogen) atoms. The van der Waals surface area contributed by atoms with Gasteiger partial charge >= 0.3 is 6.09 Å². The van der Waals surface area contributed by atoms with E-state index in [0.29, 0.717) is 17.2 Å². The molecule has 0 saturated carbocycles. The minimum atomic E-state index is -0.526. The molecular weight excluding hydrogens is 398 g/mol. The first-order valence-electron chi connectivity index (χ1n) is 9.58. The molecule has 2 aromatic carbocycles. The van der Waals surface area contributed by atoms with Crippen LogP contribution in [0.25, 0.3) is 22.6 Å². The Balaban J connectivity index is 1.55. The van der Waals surface area contributed by atoms with Crippen molar-refractivity contribution >= 4 is 11.8 Å². The van der Waals surface area contributed by atoms with Crippen LogP contribution in [0.4, 0.5) is 10.5 Å². The first kappa shape index (κ1) is 20.0. The number of rotatable bonds is 6. The largest absolute Gasteiger partial charge is 0.450 e. The molecule has 0 spiro atoms. The number of nitrogens with one attached hydrogen (secondary N) is 2. The number of carbonyl (C=O) groups excluding carboxylic acids is 1. The molecule has 1 amide bonds. The Morgan fingerprint density at radius 2 is 1.90 bits per heavy atom. The summed E-state index contributed by atoms with van der Waals surface area (Å²) < 4.78 is 6.27. The third-order valence-corrected chi connectivity index (χ3v) is 4.45. The number of benzene rings is 2. The smallest absolute Gasteiger partial charge is 0.411 e. The minimum Gasteiger partial charge on any atom is -0.450 e. The van der Waals surface area contributed by atoms with Crippen LogP contribution in [0.1, 0.15) is 12.5 Å². The number of anilines is 1. The first-order valence-corrected chi connectivity index (χ1v) is 9.58. The van der Waals surface area contributed by atoms with Gasteiger partial charge in [-0.15, -0.1) is 5.10 Å². The van der Waals surface area contributed by atoms with E-state index in [1.807, 2.05) is 30.3 Å². The van der Waals surface area contributed by atoms with Crippen molar-refractivity contribution in [2.45, 2.75) is 13.5 Å². The summed E-state index contributed by atoms with van der Waals surface area (Å²) >= 11 is 0. The maximum atomic E-state index is 12.3. The topological polar surface area (TPSA) is 128 Å². The van der Waals surface area contributed by atoms with Gasteiger partial charge in [-0.3, -0.25) is 10.1 Å². The van der Waals surface area contributed by atoms with E-state index < -0.39 is 6.09 Å². The molecule has 2 heterocycles. The van der Waals surface area contributed by atoms with E-state index in [0.717, 1.165) is 16.7 Å². The zero-order valence-corrected chi connectivity index (χ0v) is 16.6. The van der Waals surface area contributed by atoms with Gasteiger partial charge in [0.1, 0.15) is 0 Å². The van der Waals surface area contributed by atoms with Crippen LogP contribution < -0.4 is 10.9 Å². The van der Waals surface area contributed by atoms with E-state index in [-0.39, 0.29) is 18.7 Å². The van der Waals surface area contributed by atoms with Gasteiger partial charge < -0.3 is 4.74 Å². The average Bonchev–Trinajstić information content (AvgIpc) is 3.31. The molecule has 0 fully saturated rings. The predicted molar refractivity (Wildman–Crippen MR) is 113 cm³/mol. The lowest BCUT2D eigenvalue weighted by atomic mass is 10.1. The third-order valence-electron chi connectivity index (χ3n) is 4.45. The number of aromatic amines is 1. The Morgan fingerprint density at radius 1 is 1.10 bits per heavy atom. The van der Waals surface area contributed by atoms with Crippen molar-refractivity contribution in [1.82, 2.24) is 30.4 Å². The molecular formula is C21H19N7O3. The van der Waals surface area contributed by atoms with E-state index >= 15 is 0 Å². The van der Waals surface area contributed by atoms with Crippen LogP contribution in [0.3, 0.4) is 0 Å². The Hall–Kier alpha value is -4.34. The van der Waals surface area contributed by atoms with Crippen molar-refractivity contribution in [1.29, 1.82) is 0 Å². The fourth-order valence-corrected chi connectivity index (χ4v) is 3.00. The molecule has 0 aliphatic carbocycles. The van der Waals surface area contributed by atoms with E-state index in [1.54, 1.807) is 31.2 Å². The van der Waals surface area contributed by atoms with Gasteiger partial charge in [-0.25, -0.2) is 14.6 Å². The molecule has 0 radical (unpaired) electrons. The number of hydrogen-bond acceptors (Lipinski definition) is 7. The van der Waals surface area contributed by atoms with Crippen LogP contribution >= 0.6 is 0 Å². The molecule has 10 heteroatoms. The molecule has 0 saturated heterocycles. The maximum Gasteiger partial charge on any atom is 0.411 e. The third kappa shape index (κ3) is 4.81. The number of H-pyrrole nitrogens is 1. The van der Waals surface area contributed by atoms with E-state index in [2.05, 4.69) is 31.0 Å². The Labute approximate surface area is 176 Å². The molecule has 2 N–H and O–H groups in total. The van der Waals surface area contributed by atoms with Crippen LogP contribution in [-0.2, 0) is 11.3 Å². The predicted octanol–water partition coefficient (Wildman–Crippen LogP) is 2.71. The highest BCUT2D eigenvalue weighted by molar-refractivity contribution is 5.84. The number of amides is 1. The van der Waals surface area contributed by atoms with Crippen LogP contribution in [0.15, 0.2) is 65.5 Å². The summed E-state index contributed by atoms with van der Waals surface area (Å²) in [4.78, 5) is 24.0. The number of nitrogens with zero attached hydrogens (tertiary/aromatic N) is 5. The molecule has 10 nitrogen and oxygen atoms in total. The first-order chi connectivity index (χ1) is 15.1. The quantitative estimate of drug-likeness (QED) is 0.494. The fourth-order valence-electron chi connectivity index (χ4n) is 3.00. The van der Waals surface area contributed by atoms with Gasteiger partial charge in [0.2, 0.25) is 0 Å². The maximum absolute atomic E-state index is 12.3. The molecule has 0 aliphatic rings. The lowest BCUT2D eigenvalue weighted by Crippen LogP contribution is -2.23. The van der Waals surface area contributed by atoms with Crippen LogP contribution in [0, 0.1) is 0 Å². The second-order valence-corrected chi connectivity index (χ2v) is 6.59. The zero-order valence-electron chi connectivity index (χ0n) is 16.6. The summed E-state index contributed by atoms with van der Waals surface area (Å²) in [6.07, 6.45) is -0.526. The Morgan fingerprint density at radius 3 is 2.65 bits per heavy atom. The Kier molecular flexibility index (Phi) is 5.79. The fraction of sp³-hybridized carbons (Fsp3) is 0.143. The van der Waals surface area contributed by atoms with Gasteiger partial charge in [0.25, 0.3) is 5.56 Å². The lowest BCUT2D eigenvalue weighted by Gasteiger charge is -2.10. The molecule has 0 aliphatic heterocycles. The molecule has 4 rings (SSSR count). The number of hydrogen-bond donors (Lipinski definition) is 2. The van der Waals surface area contributed by atoms with Crippen molar-refractivity contribution in [3.05, 3.63) is 76.6 Å². The summed E-state index contributed by atoms with van der Waals surface area (Å²) in [5, 5.41) is 20.9. The highest BCUT2D eigenvalue weighted by atomic mass is 16.5. The number of carbonyl (C=O) groups is 1. The van der Waals surface area contributed by atoms with E-state index in [4.69, 9.17) is 4.74 Å². The SMILES string of the molecule is CCOC(=O)Nc1cccc(Cn2nc(-c3ccc(-c4nnn[nH]4)cc3)ccc2=O)c1. The van der Waals surface area contributed by atoms with Gasteiger partial charge in [-0.05, 0) is 41.1 Å². The van der Waals surface area contributed by atoms with Crippen LogP contribution in [0.2, 0.25) is 0 Å². The summed E-state index contributed by atoms with van der Waals surface area (Å²) in [6, 6.07) is 17.9. The van der Waals surface area contributed by atoms with Crippen molar-refractivity contribution < 1.29 is 9.53 Å². The number of tetrazole rings is 1. The van der Waals surface area contributed by atoms with E-state index in [9.17, 15) is 9.59 Å². The molecule has 4 aromatic rings. The number of aromatic nitrogens is 6. The van der Waals surface area contributed by atoms with Gasteiger partial charge in [-0.2, -0.15) is 5.10 Å². The van der Waals surface area contributed by atoms with Crippen molar-refractivity contribution in [2.24, 2.45) is 0 Å². The number of ether oxygens (including phenoxy) is 1. The summed E-state index contributed by atoms with van der Waals surface area (Å²) in [5.41, 5.74) is 3.52.